The lowest BCUT2D eigenvalue weighted by atomic mass is 10.1. The van der Waals surface area contributed by atoms with E-state index in [4.69, 9.17) is 10.7 Å². The Morgan fingerprint density at radius 2 is 2.04 bits per heavy atom. The smallest absolute Gasteiger partial charge is 0.0853 e. The van der Waals surface area contributed by atoms with Gasteiger partial charge >= 0.3 is 0 Å². The number of benzene rings is 1. The van der Waals surface area contributed by atoms with Gasteiger partial charge in [-0.2, -0.15) is 5.10 Å². The van der Waals surface area contributed by atoms with Gasteiger partial charge < -0.3 is 10.8 Å². The van der Waals surface area contributed by atoms with E-state index in [0.717, 1.165) is 46.4 Å². The van der Waals surface area contributed by atoms with E-state index < -0.39 is 0 Å². The number of nitrogens with two attached hydrogens (primary N) is 1. The number of rotatable bonds is 6. The van der Waals surface area contributed by atoms with E-state index in [1.54, 1.807) is 6.20 Å². The van der Waals surface area contributed by atoms with E-state index >= 15 is 0 Å². The molecule has 4 aromatic rings. The Balaban J connectivity index is 1.77. The van der Waals surface area contributed by atoms with Crippen molar-refractivity contribution in [3.63, 3.8) is 0 Å². The van der Waals surface area contributed by atoms with Crippen molar-refractivity contribution in [2.45, 2.75) is 32.4 Å². The number of aromatic nitrogens is 4. The summed E-state index contributed by atoms with van der Waals surface area (Å²) >= 11 is 0. The van der Waals surface area contributed by atoms with Gasteiger partial charge in [0.2, 0.25) is 0 Å². The summed E-state index contributed by atoms with van der Waals surface area (Å²) in [5.74, 6) is 0. The molecule has 0 aliphatic rings. The Labute approximate surface area is 163 Å². The number of aliphatic hydroxyl groups is 1. The lowest BCUT2D eigenvalue weighted by Crippen LogP contribution is -2.11. The molecule has 142 valence electrons. The number of fused-ring (bicyclic) bond motifs is 1. The average Bonchev–Trinajstić information content (AvgIpc) is 3.17. The molecule has 0 bridgehead atoms. The maximum atomic E-state index is 9.36. The molecule has 0 aliphatic carbocycles. The van der Waals surface area contributed by atoms with Gasteiger partial charge in [-0.25, -0.2) is 4.68 Å². The van der Waals surface area contributed by atoms with E-state index in [9.17, 15) is 5.11 Å². The Bertz CT molecular complexity index is 1100. The molecule has 3 N–H and O–H groups in total. The molecule has 0 saturated carbocycles. The summed E-state index contributed by atoms with van der Waals surface area (Å²) in [7, 11) is 0. The van der Waals surface area contributed by atoms with Crippen LogP contribution in [-0.4, -0.2) is 24.9 Å². The summed E-state index contributed by atoms with van der Waals surface area (Å²) in [4.78, 5) is 8.93. The van der Waals surface area contributed by atoms with Crippen molar-refractivity contribution in [1.29, 1.82) is 0 Å². The Morgan fingerprint density at radius 3 is 2.86 bits per heavy atom. The molecule has 3 aromatic heterocycles. The van der Waals surface area contributed by atoms with Crippen LogP contribution < -0.4 is 5.73 Å². The third-order valence-corrected chi connectivity index (χ3v) is 4.82. The molecule has 3 heterocycles. The van der Waals surface area contributed by atoms with Gasteiger partial charge in [0.05, 0.1) is 41.1 Å². The topological polar surface area (TPSA) is 89.8 Å². The molecule has 6 nitrogen and oxygen atoms in total. The van der Waals surface area contributed by atoms with Gasteiger partial charge in [-0.3, -0.25) is 9.97 Å². The van der Waals surface area contributed by atoms with Gasteiger partial charge in [0.1, 0.15) is 0 Å². The lowest BCUT2D eigenvalue weighted by molar-refractivity contribution is 0.277. The maximum Gasteiger partial charge on any atom is 0.0853 e. The molecule has 4 rings (SSSR count). The van der Waals surface area contributed by atoms with E-state index in [0.29, 0.717) is 5.69 Å². The molecule has 0 radical (unpaired) electrons. The summed E-state index contributed by atoms with van der Waals surface area (Å²) in [6.07, 6.45) is 5.45. The van der Waals surface area contributed by atoms with Crippen LogP contribution in [0, 0.1) is 0 Å². The molecule has 1 unspecified atom stereocenters. The molecule has 0 spiro atoms. The number of pyridine rings is 2. The Kier molecular flexibility index (Phi) is 5.14. The number of hydrogen-bond acceptors (Lipinski definition) is 5. The Hall–Kier alpha value is -3.09. The molecule has 28 heavy (non-hydrogen) atoms. The second kappa shape index (κ2) is 7.88. The fourth-order valence-corrected chi connectivity index (χ4v) is 3.34. The van der Waals surface area contributed by atoms with Crippen LogP contribution in [0.1, 0.15) is 37.2 Å². The highest BCUT2D eigenvalue weighted by Gasteiger charge is 2.11. The first kappa shape index (κ1) is 18.3. The third-order valence-electron chi connectivity index (χ3n) is 4.82. The van der Waals surface area contributed by atoms with Crippen LogP contribution in [-0.2, 0) is 6.61 Å². The Morgan fingerprint density at radius 1 is 1.14 bits per heavy atom. The minimum absolute atomic E-state index is 0.0482. The fraction of sp³-hybridized carbons (Fsp3) is 0.227. The van der Waals surface area contributed by atoms with Crippen molar-refractivity contribution in [3.8, 4) is 16.9 Å². The SMILES string of the molecule is CCCC(N)c1cccc(-c2ccc3cnn(-c4ccnc(CO)c4)c3c2)n1. The zero-order valence-electron chi connectivity index (χ0n) is 15.8. The molecule has 0 saturated heterocycles. The first-order valence-corrected chi connectivity index (χ1v) is 9.46. The van der Waals surface area contributed by atoms with Crippen molar-refractivity contribution in [1.82, 2.24) is 19.7 Å². The average molecular weight is 373 g/mol. The van der Waals surface area contributed by atoms with Crippen LogP contribution >= 0.6 is 0 Å². The standard InChI is InChI=1S/C22H23N5O/c1-2-4-19(23)21-6-3-5-20(26-21)15-7-8-16-13-25-27(22(16)11-15)18-9-10-24-17(12-18)14-28/h3,5-13,19,28H,2,4,14,23H2,1H3. The minimum atomic E-state index is -0.104. The minimum Gasteiger partial charge on any atom is -0.390 e. The quantitative estimate of drug-likeness (QED) is 0.537. The largest absolute Gasteiger partial charge is 0.390 e. The molecule has 6 heteroatoms. The first-order valence-electron chi connectivity index (χ1n) is 9.46. The monoisotopic (exact) mass is 373 g/mol. The van der Waals surface area contributed by atoms with Crippen molar-refractivity contribution in [2.24, 2.45) is 5.73 Å². The summed E-state index contributed by atoms with van der Waals surface area (Å²) in [5.41, 5.74) is 11.5. The number of hydrogen-bond donors (Lipinski definition) is 2. The first-order chi connectivity index (χ1) is 13.7. The number of aliphatic hydroxyl groups excluding tert-OH is 1. The van der Waals surface area contributed by atoms with Crippen LogP contribution in [0.25, 0.3) is 27.8 Å². The number of nitrogens with zero attached hydrogens (tertiary/aromatic N) is 4. The van der Waals surface area contributed by atoms with Gasteiger partial charge in [-0.15, -0.1) is 0 Å². The van der Waals surface area contributed by atoms with E-state index in [2.05, 4.69) is 29.1 Å². The zero-order chi connectivity index (χ0) is 19.5. The van der Waals surface area contributed by atoms with Crippen molar-refractivity contribution >= 4 is 10.9 Å². The second-order valence-corrected chi connectivity index (χ2v) is 6.84. The van der Waals surface area contributed by atoms with E-state index in [1.807, 2.05) is 47.3 Å². The van der Waals surface area contributed by atoms with Gasteiger partial charge in [-0.05, 0) is 36.8 Å². The molecule has 0 aliphatic heterocycles. The van der Waals surface area contributed by atoms with Crippen molar-refractivity contribution in [2.75, 3.05) is 0 Å². The normalized spacial score (nSPS) is 12.4. The molecular weight excluding hydrogens is 350 g/mol. The van der Waals surface area contributed by atoms with Crippen LogP contribution in [0.3, 0.4) is 0 Å². The molecular formula is C22H23N5O. The highest BCUT2D eigenvalue weighted by molar-refractivity contribution is 5.85. The second-order valence-electron chi connectivity index (χ2n) is 6.84. The lowest BCUT2D eigenvalue weighted by Gasteiger charge is -2.11. The van der Waals surface area contributed by atoms with Gasteiger partial charge in [-0.1, -0.05) is 31.5 Å². The van der Waals surface area contributed by atoms with E-state index in [-0.39, 0.29) is 12.6 Å². The van der Waals surface area contributed by atoms with Crippen molar-refractivity contribution < 1.29 is 5.11 Å². The van der Waals surface area contributed by atoms with Crippen LogP contribution in [0.15, 0.2) is 60.9 Å². The van der Waals surface area contributed by atoms with Crippen LogP contribution in [0.2, 0.25) is 0 Å². The highest BCUT2D eigenvalue weighted by Crippen LogP contribution is 2.26. The molecule has 1 atom stereocenters. The van der Waals surface area contributed by atoms with Crippen molar-refractivity contribution in [3.05, 3.63) is 72.3 Å². The zero-order valence-corrected chi connectivity index (χ0v) is 15.8. The molecule has 0 amide bonds. The molecule has 0 fully saturated rings. The third kappa shape index (κ3) is 3.52. The fourth-order valence-electron chi connectivity index (χ4n) is 3.34. The molecule has 1 aromatic carbocycles. The maximum absolute atomic E-state index is 9.36. The summed E-state index contributed by atoms with van der Waals surface area (Å²) in [5, 5.41) is 14.9. The van der Waals surface area contributed by atoms with Gasteiger partial charge in [0, 0.05) is 23.2 Å². The van der Waals surface area contributed by atoms with Crippen LogP contribution in [0.4, 0.5) is 0 Å². The van der Waals surface area contributed by atoms with E-state index in [1.165, 1.54) is 0 Å². The highest BCUT2D eigenvalue weighted by atomic mass is 16.3. The van der Waals surface area contributed by atoms with Crippen LogP contribution in [0.5, 0.6) is 0 Å². The van der Waals surface area contributed by atoms with Gasteiger partial charge in [0.15, 0.2) is 0 Å². The predicted octanol–water partition coefficient (Wildman–Crippen LogP) is 3.77. The summed E-state index contributed by atoms with van der Waals surface area (Å²) in [6, 6.07) is 15.8. The summed E-state index contributed by atoms with van der Waals surface area (Å²) < 4.78 is 1.85. The van der Waals surface area contributed by atoms with Gasteiger partial charge in [0.25, 0.3) is 0 Å². The predicted molar refractivity (Wildman–Crippen MR) is 110 cm³/mol. The summed E-state index contributed by atoms with van der Waals surface area (Å²) in [6.45, 7) is 2.02.